The van der Waals surface area contributed by atoms with Gasteiger partial charge in [0.15, 0.2) is 0 Å². The normalized spacial score (nSPS) is 10.6. The molecule has 0 atom stereocenters. The summed E-state index contributed by atoms with van der Waals surface area (Å²) in [5.41, 5.74) is 2.96. The number of rotatable bonds is 3. The topological polar surface area (TPSA) is 49.6 Å². The van der Waals surface area contributed by atoms with E-state index in [2.05, 4.69) is 10.3 Å². The van der Waals surface area contributed by atoms with Crippen LogP contribution in [0.4, 0.5) is 11.4 Å². The summed E-state index contributed by atoms with van der Waals surface area (Å²) < 4.78 is 1.86. The minimum absolute atomic E-state index is 0.212. The molecule has 0 saturated carbocycles. The molecule has 0 bridgehead atoms. The Morgan fingerprint density at radius 1 is 1.10 bits per heavy atom. The number of hydrogen-bond donors (Lipinski definition) is 1. The molecule has 1 N–H and O–H groups in total. The second-order valence-electron chi connectivity index (χ2n) is 4.99. The molecule has 106 valence electrons. The molecule has 0 spiro atoms. The Morgan fingerprint density at radius 3 is 2.57 bits per heavy atom. The number of nitrogens with zero attached hydrogens (tertiary/aromatic N) is 3. The first-order valence-electron chi connectivity index (χ1n) is 6.66. The van der Waals surface area contributed by atoms with Gasteiger partial charge in [-0.2, -0.15) is 0 Å². The van der Waals surface area contributed by atoms with Crippen LogP contribution in [0.2, 0.25) is 0 Å². The summed E-state index contributed by atoms with van der Waals surface area (Å²) in [6.45, 7) is 0. The van der Waals surface area contributed by atoms with E-state index in [4.69, 9.17) is 0 Å². The van der Waals surface area contributed by atoms with Gasteiger partial charge in [-0.3, -0.25) is 4.79 Å². The Balaban J connectivity index is 1.88. The first kappa shape index (κ1) is 13.2. The predicted octanol–water partition coefficient (Wildman–Crippen LogP) is 2.65. The fourth-order valence-electron chi connectivity index (χ4n) is 2.07. The first-order valence-corrected chi connectivity index (χ1v) is 6.66. The van der Waals surface area contributed by atoms with E-state index in [1.54, 1.807) is 6.20 Å². The molecule has 0 saturated heterocycles. The molecule has 5 heteroatoms. The molecule has 5 nitrogen and oxygen atoms in total. The fourth-order valence-corrected chi connectivity index (χ4v) is 2.07. The average molecular weight is 280 g/mol. The quantitative estimate of drug-likeness (QED) is 0.802. The highest BCUT2D eigenvalue weighted by Crippen LogP contribution is 2.15. The third-order valence-electron chi connectivity index (χ3n) is 3.22. The van der Waals surface area contributed by atoms with Gasteiger partial charge < -0.3 is 14.6 Å². The van der Waals surface area contributed by atoms with Crippen molar-refractivity contribution >= 4 is 22.9 Å². The molecule has 0 aliphatic rings. The Morgan fingerprint density at radius 2 is 1.86 bits per heavy atom. The zero-order valence-corrected chi connectivity index (χ0v) is 11.9. The SMILES string of the molecule is CN(C)c1ccc2nc(C(=O)Nc3ccccc3)cn2c1. The van der Waals surface area contributed by atoms with Crippen LogP contribution in [0.25, 0.3) is 5.65 Å². The van der Waals surface area contributed by atoms with Crippen molar-refractivity contribution in [2.24, 2.45) is 0 Å². The van der Waals surface area contributed by atoms with Crippen molar-refractivity contribution in [3.63, 3.8) is 0 Å². The summed E-state index contributed by atoms with van der Waals surface area (Å²) in [6, 6.07) is 13.2. The van der Waals surface area contributed by atoms with Gasteiger partial charge in [0.25, 0.3) is 5.91 Å². The van der Waals surface area contributed by atoms with Crippen LogP contribution in [0, 0.1) is 0 Å². The molecule has 1 aromatic carbocycles. The number of imidazole rings is 1. The van der Waals surface area contributed by atoms with Gasteiger partial charge in [-0.15, -0.1) is 0 Å². The van der Waals surface area contributed by atoms with Crippen molar-refractivity contribution in [2.75, 3.05) is 24.3 Å². The first-order chi connectivity index (χ1) is 10.1. The maximum atomic E-state index is 12.2. The molecular weight excluding hydrogens is 264 g/mol. The van der Waals surface area contributed by atoms with Gasteiger partial charge in [0, 0.05) is 32.2 Å². The fraction of sp³-hybridized carbons (Fsp3) is 0.125. The second-order valence-corrected chi connectivity index (χ2v) is 4.99. The summed E-state index contributed by atoms with van der Waals surface area (Å²) in [6.07, 6.45) is 3.68. The van der Waals surface area contributed by atoms with Gasteiger partial charge in [0.2, 0.25) is 0 Å². The monoisotopic (exact) mass is 280 g/mol. The number of carbonyl (C=O) groups is 1. The number of fused-ring (bicyclic) bond motifs is 1. The Kier molecular flexibility index (Phi) is 3.31. The second kappa shape index (κ2) is 5.28. The molecule has 0 radical (unpaired) electrons. The smallest absolute Gasteiger partial charge is 0.275 e. The number of carbonyl (C=O) groups excluding carboxylic acids is 1. The zero-order chi connectivity index (χ0) is 14.8. The van der Waals surface area contributed by atoms with E-state index in [0.29, 0.717) is 5.69 Å². The van der Waals surface area contributed by atoms with Crippen LogP contribution in [0.1, 0.15) is 10.5 Å². The lowest BCUT2D eigenvalue weighted by atomic mass is 10.3. The predicted molar refractivity (Wildman–Crippen MR) is 83.9 cm³/mol. The van der Waals surface area contributed by atoms with E-state index < -0.39 is 0 Å². The number of nitrogens with one attached hydrogen (secondary N) is 1. The third-order valence-corrected chi connectivity index (χ3v) is 3.22. The molecule has 2 aromatic heterocycles. The summed E-state index contributed by atoms with van der Waals surface area (Å²) in [5.74, 6) is -0.212. The summed E-state index contributed by atoms with van der Waals surface area (Å²) in [5, 5.41) is 2.83. The summed E-state index contributed by atoms with van der Waals surface area (Å²) in [4.78, 5) is 18.5. The van der Waals surface area contributed by atoms with Crippen LogP contribution >= 0.6 is 0 Å². The van der Waals surface area contributed by atoms with Gasteiger partial charge in [-0.05, 0) is 24.3 Å². The molecule has 3 aromatic rings. The van der Waals surface area contributed by atoms with Crippen LogP contribution < -0.4 is 10.2 Å². The molecule has 3 rings (SSSR count). The lowest BCUT2D eigenvalue weighted by Gasteiger charge is -2.11. The van der Waals surface area contributed by atoms with Crippen LogP contribution in [-0.4, -0.2) is 29.4 Å². The van der Waals surface area contributed by atoms with E-state index >= 15 is 0 Å². The summed E-state index contributed by atoms with van der Waals surface area (Å²) >= 11 is 0. The molecular formula is C16H16N4O. The number of aromatic nitrogens is 2. The van der Waals surface area contributed by atoms with Gasteiger partial charge >= 0.3 is 0 Å². The van der Waals surface area contributed by atoms with Crippen molar-refractivity contribution in [2.45, 2.75) is 0 Å². The lowest BCUT2D eigenvalue weighted by molar-refractivity contribution is 0.102. The van der Waals surface area contributed by atoms with Crippen molar-refractivity contribution in [3.8, 4) is 0 Å². The van der Waals surface area contributed by atoms with E-state index in [-0.39, 0.29) is 5.91 Å². The van der Waals surface area contributed by atoms with Crippen molar-refractivity contribution in [1.29, 1.82) is 0 Å². The highest BCUT2D eigenvalue weighted by atomic mass is 16.1. The number of para-hydroxylation sites is 1. The highest BCUT2D eigenvalue weighted by Gasteiger charge is 2.11. The molecule has 0 aliphatic carbocycles. The number of amides is 1. The van der Waals surface area contributed by atoms with Crippen molar-refractivity contribution < 1.29 is 4.79 Å². The molecule has 21 heavy (non-hydrogen) atoms. The molecule has 2 heterocycles. The van der Waals surface area contributed by atoms with Gasteiger partial charge in [0.05, 0.1) is 5.69 Å². The Hall–Kier alpha value is -2.82. The summed E-state index contributed by atoms with van der Waals surface area (Å²) in [7, 11) is 3.95. The molecule has 0 fully saturated rings. The molecule has 0 unspecified atom stereocenters. The minimum Gasteiger partial charge on any atom is -0.376 e. The number of anilines is 2. The number of benzene rings is 1. The third kappa shape index (κ3) is 2.72. The van der Waals surface area contributed by atoms with Crippen molar-refractivity contribution in [1.82, 2.24) is 9.38 Å². The Bertz CT molecular complexity index is 777. The van der Waals surface area contributed by atoms with Crippen LogP contribution in [0.5, 0.6) is 0 Å². The zero-order valence-electron chi connectivity index (χ0n) is 11.9. The maximum Gasteiger partial charge on any atom is 0.275 e. The average Bonchev–Trinajstić information content (AvgIpc) is 2.91. The van der Waals surface area contributed by atoms with E-state index in [1.165, 1.54) is 0 Å². The van der Waals surface area contributed by atoms with Gasteiger partial charge in [-0.1, -0.05) is 18.2 Å². The van der Waals surface area contributed by atoms with E-state index in [1.807, 2.05) is 72.1 Å². The molecule has 1 amide bonds. The highest BCUT2D eigenvalue weighted by molar-refractivity contribution is 6.03. The van der Waals surface area contributed by atoms with Crippen LogP contribution in [-0.2, 0) is 0 Å². The molecule has 0 aliphatic heterocycles. The van der Waals surface area contributed by atoms with E-state index in [9.17, 15) is 4.79 Å². The van der Waals surface area contributed by atoms with Crippen LogP contribution in [0.3, 0.4) is 0 Å². The lowest BCUT2D eigenvalue weighted by Crippen LogP contribution is -2.12. The van der Waals surface area contributed by atoms with Gasteiger partial charge in [0.1, 0.15) is 11.3 Å². The Labute approximate surface area is 122 Å². The maximum absolute atomic E-state index is 12.2. The standard InChI is InChI=1S/C16H16N4O/c1-19(2)13-8-9-15-18-14(11-20(15)10-13)16(21)17-12-6-4-3-5-7-12/h3-11H,1-2H3,(H,17,21). The minimum atomic E-state index is -0.212. The number of hydrogen-bond acceptors (Lipinski definition) is 3. The largest absolute Gasteiger partial charge is 0.376 e. The van der Waals surface area contributed by atoms with Crippen LogP contribution in [0.15, 0.2) is 54.9 Å². The van der Waals surface area contributed by atoms with E-state index in [0.717, 1.165) is 17.0 Å². The van der Waals surface area contributed by atoms with Gasteiger partial charge in [-0.25, -0.2) is 4.98 Å². The number of pyridine rings is 1. The van der Waals surface area contributed by atoms with Crippen molar-refractivity contribution in [3.05, 3.63) is 60.6 Å².